The van der Waals surface area contributed by atoms with Crippen molar-refractivity contribution in [2.24, 2.45) is 4.99 Å². The van der Waals surface area contributed by atoms with E-state index in [1.54, 1.807) is 6.92 Å². The van der Waals surface area contributed by atoms with Gasteiger partial charge in [-0.25, -0.2) is 22.6 Å². The molecule has 1 heterocycles. The maximum Gasteiger partial charge on any atom is 0.243 e. The lowest BCUT2D eigenvalue weighted by Crippen LogP contribution is -2.45. The summed E-state index contributed by atoms with van der Waals surface area (Å²) in [6, 6.07) is 4.32. The Hall–Kier alpha value is -1.56. The van der Waals surface area contributed by atoms with Crippen LogP contribution in [0.4, 0.5) is 4.39 Å². The van der Waals surface area contributed by atoms with Crippen molar-refractivity contribution in [1.29, 1.82) is 0 Å². The van der Waals surface area contributed by atoms with Gasteiger partial charge < -0.3 is 0 Å². The second-order valence-corrected chi connectivity index (χ2v) is 6.71. The van der Waals surface area contributed by atoms with Crippen LogP contribution < -0.4 is 0 Å². The fourth-order valence-corrected chi connectivity index (χ4v) is 4.07. The second kappa shape index (κ2) is 5.83. The number of carbonyl (C=O) groups excluding carboxylic acids is 1. The Balaban J connectivity index is 2.22. The van der Waals surface area contributed by atoms with E-state index in [-0.39, 0.29) is 23.5 Å². The summed E-state index contributed by atoms with van der Waals surface area (Å²) in [7, 11) is -3.64. The molecule has 1 aliphatic rings. The highest BCUT2D eigenvalue weighted by molar-refractivity contribution is 7.89. The third kappa shape index (κ3) is 2.95. The van der Waals surface area contributed by atoms with Gasteiger partial charge in [0, 0.05) is 12.6 Å². The van der Waals surface area contributed by atoms with Crippen molar-refractivity contribution < 1.29 is 17.6 Å². The highest BCUT2D eigenvalue weighted by Gasteiger charge is 2.34. The van der Waals surface area contributed by atoms with Crippen LogP contribution in [0.25, 0.3) is 0 Å². The average Bonchev–Trinajstić information content (AvgIpc) is 2.39. The Kier molecular flexibility index (Phi) is 4.32. The smallest absolute Gasteiger partial charge is 0.211 e. The van der Waals surface area contributed by atoms with Gasteiger partial charge in [0.15, 0.2) is 0 Å². The molecule has 1 saturated heterocycles. The van der Waals surface area contributed by atoms with Crippen molar-refractivity contribution in [2.75, 3.05) is 6.54 Å². The van der Waals surface area contributed by atoms with Crippen LogP contribution in [-0.4, -0.2) is 37.4 Å². The first-order valence-electron chi connectivity index (χ1n) is 6.29. The molecule has 1 aromatic rings. The predicted octanol–water partition coefficient (Wildman–Crippen LogP) is 1.70. The summed E-state index contributed by atoms with van der Waals surface area (Å²) in [4.78, 5) is 14.0. The van der Waals surface area contributed by atoms with E-state index in [2.05, 4.69) is 4.99 Å². The van der Waals surface area contributed by atoms with Gasteiger partial charge in [-0.1, -0.05) is 0 Å². The first-order valence-corrected chi connectivity index (χ1v) is 7.73. The molecule has 108 valence electrons. The zero-order chi connectivity index (χ0) is 14.8. The van der Waals surface area contributed by atoms with E-state index in [1.807, 2.05) is 0 Å². The summed E-state index contributed by atoms with van der Waals surface area (Å²) >= 11 is 0. The van der Waals surface area contributed by atoms with Gasteiger partial charge >= 0.3 is 0 Å². The Morgan fingerprint density at radius 1 is 1.35 bits per heavy atom. The molecule has 2 atom stereocenters. The van der Waals surface area contributed by atoms with Gasteiger partial charge in [-0.2, -0.15) is 4.31 Å². The number of hydrogen-bond donors (Lipinski definition) is 0. The Bertz CT molecular complexity index is 624. The minimum absolute atomic E-state index is 0.0723. The third-order valence-corrected chi connectivity index (χ3v) is 5.47. The zero-order valence-electron chi connectivity index (χ0n) is 11.0. The van der Waals surface area contributed by atoms with Crippen LogP contribution in [0.15, 0.2) is 34.2 Å². The summed E-state index contributed by atoms with van der Waals surface area (Å²) < 4.78 is 39.2. The van der Waals surface area contributed by atoms with Crippen LogP contribution in [0, 0.1) is 5.82 Å². The lowest BCUT2D eigenvalue weighted by molar-refractivity contribution is 0.248. The fourth-order valence-electron chi connectivity index (χ4n) is 2.42. The maximum atomic E-state index is 12.9. The number of rotatable bonds is 3. The summed E-state index contributed by atoms with van der Waals surface area (Å²) in [5.74, 6) is -0.476. The van der Waals surface area contributed by atoms with Crippen LogP contribution in [0.2, 0.25) is 0 Å². The molecule has 0 bridgehead atoms. The minimum Gasteiger partial charge on any atom is -0.211 e. The number of benzene rings is 1. The molecule has 1 aliphatic heterocycles. The molecule has 7 heteroatoms. The fraction of sp³-hybridized carbons (Fsp3) is 0.462. The summed E-state index contributed by atoms with van der Waals surface area (Å²) in [6.07, 6.45) is 2.48. The van der Waals surface area contributed by atoms with E-state index >= 15 is 0 Å². The first-order chi connectivity index (χ1) is 9.45. The summed E-state index contributed by atoms with van der Waals surface area (Å²) in [5.41, 5.74) is 0. The van der Waals surface area contributed by atoms with Crippen LogP contribution >= 0.6 is 0 Å². The maximum absolute atomic E-state index is 12.9. The van der Waals surface area contributed by atoms with Crippen LogP contribution in [0.5, 0.6) is 0 Å². The van der Waals surface area contributed by atoms with Gasteiger partial charge in [0.2, 0.25) is 16.1 Å². The molecule has 0 N–H and O–H groups in total. The molecule has 0 spiro atoms. The van der Waals surface area contributed by atoms with Crippen molar-refractivity contribution in [3.8, 4) is 0 Å². The summed E-state index contributed by atoms with van der Waals surface area (Å²) in [5, 5.41) is 0. The number of halogens is 1. The molecule has 20 heavy (non-hydrogen) atoms. The monoisotopic (exact) mass is 298 g/mol. The number of isocyanates is 1. The Labute approximate surface area is 117 Å². The Morgan fingerprint density at radius 2 is 2.00 bits per heavy atom. The van der Waals surface area contributed by atoms with Gasteiger partial charge in [0.05, 0.1) is 10.9 Å². The molecule has 0 aromatic heterocycles. The van der Waals surface area contributed by atoms with Crippen molar-refractivity contribution in [3.63, 3.8) is 0 Å². The lowest BCUT2D eigenvalue weighted by atomic mass is 10.0. The molecule has 0 aliphatic carbocycles. The van der Waals surface area contributed by atoms with E-state index in [4.69, 9.17) is 0 Å². The van der Waals surface area contributed by atoms with Crippen LogP contribution in [-0.2, 0) is 14.8 Å². The number of nitrogens with zero attached hydrogens (tertiary/aromatic N) is 2. The first kappa shape index (κ1) is 14.8. The Morgan fingerprint density at radius 3 is 2.55 bits per heavy atom. The number of piperidine rings is 1. The lowest BCUT2D eigenvalue weighted by Gasteiger charge is -2.34. The topological polar surface area (TPSA) is 66.8 Å². The number of hydrogen-bond acceptors (Lipinski definition) is 4. The van der Waals surface area contributed by atoms with Gasteiger partial charge in [-0.3, -0.25) is 0 Å². The van der Waals surface area contributed by atoms with E-state index in [1.165, 1.54) is 22.5 Å². The highest BCUT2D eigenvalue weighted by atomic mass is 32.2. The zero-order valence-corrected chi connectivity index (χ0v) is 11.8. The molecule has 0 amide bonds. The molecule has 1 aromatic carbocycles. The highest BCUT2D eigenvalue weighted by Crippen LogP contribution is 2.26. The molecule has 1 fully saturated rings. The molecule has 5 nitrogen and oxygen atoms in total. The molecular weight excluding hydrogens is 283 g/mol. The van der Waals surface area contributed by atoms with Crippen molar-refractivity contribution in [1.82, 2.24) is 4.31 Å². The van der Waals surface area contributed by atoms with E-state index in [9.17, 15) is 17.6 Å². The van der Waals surface area contributed by atoms with Crippen LogP contribution in [0.3, 0.4) is 0 Å². The van der Waals surface area contributed by atoms with Crippen molar-refractivity contribution in [3.05, 3.63) is 30.1 Å². The minimum atomic E-state index is -3.64. The largest absolute Gasteiger partial charge is 0.243 e. The van der Waals surface area contributed by atoms with Gasteiger partial charge in [0.25, 0.3) is 0 Å². The normalized spacial score (nSPS) is 24.1. The van der Waals surface area contributed by atoms with Gasteiger partial charge in [-0.05, 0) is 44.0 Å². The third-order valence-electron chi connectivity index (χ3n) is 3.44. The predicted molar refractivity (Wildman–Crippen MR) is 70.9 cm³/mol. The average molecular weight is 298 g/mol. The quantitative estimate of drug-likeness (QED) is 0.630. The molecule has 0 radical (unpaired) electrons. The van der Waals surface area contributed by atoms with E-state index in [0.29, 0.717) is 12.8 Å². The van der Waals surface area contributed by atoms with Gasteiger partial charge in [0.1, 0.15) is 5.82 Å². The molecular formula is C13H15FN2O3S. The van der Waals surface area contributed by atoms with E-state index < -0.39 is 15.8 Å². The summed E-state index contributed by atoms with van der Waals surface area (Å²) in [6.45, 7) is 2.06. The van der Waals surface area contributed by atoms with E-state index in [0.717, 1.165) is 12.1 Å². The number of aliphatic imine (C=N–C) groups is 1. The SMILES string of the molecule is CC1CC(N=C=O)CCN1S(=O)(=O)c1ccc(F)cc1. The molecule has 0 saturated carbocycles. The molecule has 2 rings (SSSR count). The van der Waals surface area contributed by atoms with Crippen LogP contribution in [0.1, 0.15) is 19.8 Å². The number of sulfonamides is 1. The van der Waals surface area contributed by atoms with Crippen molar-refractivity contribution in [2.45, 2.75) is 36.7 Å². The molecule has 2 unspecified atom stereocenters. The second-order valence-electron chi connectivity index (χ2n) is 4.82. The van der Waals surface area contributed by atoms with Gasteiger partial charge in [-0.15, -0.1) is 0 Å². The standard InChI is InChI=1S/C13H15FN2O3S/c1-10-8-12(15-9-17)6-7-16(10)20(18,19)13-4-2-11(14)3-5-13/h2-5,10,12H,6-8H2,1H3. The van der Waals surface area contributed by atoms with Crippen molar-refractivity contribution >= 4 is 16.1 Å².